The van der Waals surface area contributed by atoms with Crippen molar-refractivity contribution in [3.05, 3.63) is 11.7 Å². The van der Waals surface area contributed by atoms with Crippen LogP contribution in [0.15, 0.2) is 4.52 Å². The molecule has 74 valence electrons. The highest BCUT2D eigenvalue weighted by Crippen LogP contribution is 2.12. The van der Waals surface area contributed by atoms with Crippen molar-refractivity contribution in [3.63, 3.8) is 0 Å². The maximum Gasteiger partial charge on any atom is 0.243 e. The zero-order valence-corrected chi connectivity index (χ0v) is 7.73. The Kier molecular flexibility index (Phi) is 3.85. The van der Waals surface area contributed by atoms with Crippen molar-refractivity contribution in [1.82, 2.24) is 10.1 Å². The highest BCUT2D eigenvalue weighted by atomic mass is 16.5. The molecule has 0 spiro atoms. The lowest BCUT2D eigenvalue weighted by atomic mass is 10.2. The molecule has 1 unspecified atom stereocenters. The van der Waals surface area contributed by atoms with Gasteiger partial charge in [-0.3, -0.25) is 0 Å². The number of nitrogens with zero attached hydrogens (tertiary/aromatic N) is 2. The van der Waals surface area contributed by atoms with E-state index in [1.165, 1.54) is 0 Å². The van der Waals surface area contributed by atoms with E-state index in [1.54, 1.807) is 0 Å². The zero-order valence-electron chi connectivity index (χ0n) is 7.73. The highest BCUT2D eigenvalue weighted by molar-refractivity contribution is 4.91. The van der Waals surface area contributed by atoms with E-state index in [0.29, 0.717) is 18.1 Å². The number of hydrogen-bond acceptors (Lipinski definition) is 5. The molecule has 1 aromatic heterocycles. The number of aliphatic hydroxyl groups is 1. The van der Waals surface area contributed by atoms with Gasteiger partial charge in [-0.25, -0.2) is 0 Å². The van der Waals surface area contributed by atoms with Gasteiger partial charge in [-0.05, 0) is 6.42 Å². The van der Waals surface area contributed by atoms with Crippen LogP contribution in [-0.2, 0) is 6.42 Å². The van der Waals surface area contributed by atoms with Crippen molar-refractivity contribution in [1.29, 1.82) is 0 Å². The van der Waals surface area contributed by atoms with Crippen molar-refractivity contribution in [2.24, 2.45) is 5.73 Å². The average molecular weight is 185 g/mol. The molecule has 0 aliphatic carbocycles. The van der Waals surface area contributed by atoms with Crippen LogP contribution in [0.1, 0.15) is 37.5 Å². The molecule has 1 heterocycles. The summed E-state index contributed by atoms with van der Waals surface area (Å²) in [7, 11) is 0. The second kappa shape index (κ2) is 4.94. The molecule has 13 heavy (non-hydrogen) atoms. The fourth-order valence-corrected chi connectivity index (χ4v) is 1.05. The minimum atomic E-state index is -0.176. The Bertz CT molecular complexity index is 249. The van der Waals surface area contributed by atoms with Crippen LogP contribution in [0.25, 0.3) is 0 Å². The Morgan fingerprint density at radius 3 is 3.00 bits per heavy atom. The van der Waals surface area contributed by atoms with E-state index < -0.39 is 0 Å². The van der Waals surface area contributed by atoms with Crippen LogP contribution < -0.4 is 5.73 Å². The number of rotatable bonds is 5. The molecule has 0 bridgehead atoms. The van der Waals surface area contributed by atoms with E-state index in [2.05, 4.69) is 10.1 Å². The fraction of sp³-hybridized carbons (Fsp3) is 0.750. The summed E-state index contributed by atoms with van der Waals surface area (Å²) in [6.45, 7) is 2.08. The standard InChI is InChI=1S/C8H15N3O2/c1-2-3-6(9)8-10-7(4-5-12)11-13-8/h6,12H,2-5,9H2,1H3. The van der Waals surface area contributed by atoms with Gasteiger partial charge in [0.25, 0.3) is 0 Å². The molecule has 1 atom stereocenters. The van der Waals surface area contributed by atoms with Gasteiger partial charge in [-0.2, -0.15) is 4.98 Å². The summed E-state index contributed by atoms with van der Waals surface area (Å²) in [4.78, 5) is 4.06. The Hall–Kier alpha value is -0.940. The molecule has 5 heteroatoms. The first kappa shape index (κ1) is 10.1. The number of aromatic nitrogens is 2. The maximum atomic E-state index is 8.62. The van der Waals surface area contributed by atoms with Crippen LogP contribution in [0.4, 0.5) is 0 Å². The highest BCUT2D eigenvalue weighted by Gasteiger charge is 2.12. The monoisotopic (exact) mass is 185 g/mol. The van der Waals surface area contributed by atoms with E-state index >= 15 is 0 Å². The first-order valence-electron chi connectivity index (χ1n) is 4.46. The summed E-state index contributed by atoms with van der Waals surface area (Å²) >= 11 is 0. The van der Waals surface area contributed by atoms with E-state index in [0.717, 1.165) is 12.8 Å². The van der Waals surface area contributed by atoms with Gasteiger partial charge < -0.3 is 15.4 Å². The van der Waals surface area contributed by atoms with Gasteiger partial charge in [0.05, 0.1) is 12.6 Å². The van der Waals surface area contributed by atoms with Gasteiger partial charge >= 0.3 is 0 Å². The number of hydrogen-bond donors (Lipinski definition) is 2. The molecule has 0 saturated heterocycles. The predicted octanol–water partition coefficient (Wildman–Crippen LogP) is 0.404. The minimum absolute atomic E-state index is 0.0298. The van der Waals surface area contributed by atoms with Gasteiger partial charge in [-0.1, -0.05) is 18.5 Å². The molecule has 0 aliphatic rings. The lowest BCUT2D eigenvalue weighted by Gasteiger charge is -2.01. The van der Waals surface area contributed by atoms with Crippen LogP contribution in [-0.4, -0.2) is 21.9 Å². The number of nitrogens with two attached hydrogens (primary N) is 1. The van der Waals surface area contributed by atoms with Gasteiger partial charge in [0.1, 0.15) is 0 Å². The summed E-state index contributed by atoms with van der Waals surface area (Å²) < 4.78 is 4.93. The molecule has 3 N–H and O–H groups in total. The molecule has 0 radical (unpaired) electrons. The molecule has 1 aromatic rings. The topological polar surface area (TPSA) is 85.2 Å². The molecule has 0 aromatic carbocycles. The first-order valence-corrected chi connectivity index (χ1v) is 4.46. The van der Waals surface area contributed by atoms with Crippen molar-refractivity contribution in [2.45, 2.75) is 32.2 Å². The van der Waals surface area contributed by atoms with Crippen molar-refractivity contribution < 1.29 is 9.63 Å². The summed E-state index contributed by atoms with van der Waals surface area (Å²) in [6, 6.07) is -0.176. The third kappa shape index (κ3) is 2.78. The quantitative estimate of drug-likeness (QED) is 0.693. The Labute approximate surface area is 76.9 Å². The largest absolute Gasteiger partial charge is 0.396 e. The SMILES string of the molecule is CCCC(N)c1nc(CCO)no1. The molecular weight excluding hydrogens is 170 g/mol. The molecule has 0 saturated carbocycles. The summed E-state index contributed by atoms with van der Waals surface area (Å²) in [5.74, 6) is 0.981. The van der Waals surface area contributed by atoms with Crippen LogP contribution in [0, 0.1) is 0 Å². The summed E-state index contributed by atoms with van der Waals surface area (Å²) in [6.07, 6.45) is 2.24. The molecule has 0 aliphatic heterocycles. The summed E-state index contributed by atoms with van der Waals surface area (Å²) in [5.41, 5.74) is 5.76. The molecule has 0 fully saturated rings. The fourth-order valence-electron chi connectivity index (χ4n) is 1.05. The number of aliphatic hydroxyl groups excluding tert-OH is 1. The third-order valence-electron chi connectivity index (χ3n) is 1.74. The van der Waals surface area contributed by atoms with Crippen LogP contribution in [0.2, 0.25) is 0 Å². The van der Waals surface area contributed by atoms with E-state index in [1.807, 2.05) is 6.92 Å². The maximum absolute atomic E-state index is 8.62. The Balaban J connectivity index is 2.56. The second-order valence-electron chi connectivity index (χ2n) is 2.92. The van der Waals surface area contributed by atoms with Gasteiger partial charge in [0.15, 0.2) is 5.82 Å². The van der Waals surface area contributed by atoms with E-state index in [-0.39, 0.29) is 12.6 Å². The summed E-state index contributed by atoms with van der Waals surface area (Å²) in [5, 5.41) is 12.3. The minimum Gasteiger partial charge on any atom is -0.396 e. The van der Waals surface area contributed by atoms with Crippen LogP contribution >= 0.6 is 0 Å². The second-order valence-corrected chi connectivity index (χ2v) is 2.92. The molecule has 5 nitrogen and oxygen atoms in total. The smallest absolute Gasteiger partial charge is 0.243 e. The Morgan fingerprint density at radius 2 is 2.38 bits per heavy atom. The molecular formula is C8H15N3O2. The first-order chi connectivity index (χ1) is 6.27. The third-order valence-corrected chi connectivity index (χ3v) is 1.74. The lowest BCUT2D eigenvalue weighted by Crippen LogP contribution is -2.10. The van der Waals surface area contributed by atoms with E-state index in [4.69, 9.17) is 15.4 Å². The predicted molar refractivity (Wildman–Crippen MR) is 46.9 cm³/mol. The van der Waals surface area contributed by atoms with Crippen molar-refractivity contribution in [2.75, 3.05) is 6.61 Å². The van der Waals surface area contributed by atoms with Gasteiger partial charge in [0, 0.05) is 6.42 Å². The normalized spacial score (nSPS) is 13.2. The Morgan fingerprint density at radius 1 is 1.62 bits per heavy atom. The van der Waals surface area contributed by atoms with Gasteiger partial charge in [-0.15, -0.1) is 0 Å². The molecule has 0 amide bonds. The van der Waals surface area contributed by atoms with Crippen molar-refractivity contribution in [3.8, 4) is 0 Å². The van der Waals surface area contributed by atoms with Crippen LogP contribution in [0.5, 0.6) is 0 Å². The average Bonchev–Trinajstić information content (AvgIpc) is 2.54. The van der Waals surface area contributed by atoms with E-state index in [9.17, 15) is 0 Å². The van der Waals surface area contributed by atoms with Crippen LogP contribution in [0.3, 0.4) is 0 Å². The lowest BCUT2D eigenvalue weighted by molar-refractivity contribution is 0.292. The molecule has 1 rings (SSSR count). The van der Waals surface area contributed by atoms with Crippen molar-refractivity contribution >= 4 is 0 Å². The zero-order chi connectivity index (χ0) is 9.68. The van der Waals surface area contributed by atoms with Gasteiger partial charge in [0.2, 0.25) is 5.89 Å².